The summed E-state index contributed by atoms with van der Waals surface area (Å²) < 4.78 is 0. The van der Waals surface area contributed by atoms with Gasteiger partial charge in [0.25, 0.3) is 0 Å². The molecule has 0 aromatic carbocycles. The molecule has 0 heterocycles. The van der Waals surface area contributed by atoms with E-state index >= 15 is 0 Å². The molecule has 0 spiro atoms. The molecule has 0 rings (SSSR count). The predicted octanol–water partition coefficient (Wildman–Crippen LogP) is 1.14. The lowest BCUT2D eigenvalue weighted by Crippen LogP contribution is -0.856. The highest BCUT2D eigenvalue weighted by Gasteiger charge is 0.932. The fourth-order valence-corrected chi connectivity index (χ4v) is 0. The summed E-state index contributed by atoms with van der Waals surface area (Å²) in [5.41, 5.74) is 0. The maximum absolute atomic E-state index is 2.42. The second-order valence-electron chi connectivity index (χ2n) is 0. The van der Waals surface area contributed by atoms with Crippen LogP contribution < -0.4 is 0 Å². The predicted molar refractivity (Wildman–Crippen MR) is 32.7 cm³/mol. The smallest absolute Gasteiger partial charge is 0 e. The van der Waals surface area contributed by atoms with Gasteiger partial charge >= 0.3 is 0 Å². The standard InChI is InChI=1S/C2H6.CH5P.B/c2*1-2;/h1-2H3;2H2,1H3;. The Balaban J connectivity index is -0.0000000133. The summed E-state index contributed by atoms with van der Waals surface area (Å²) in [4.78, 5) is 0. The minimum absolute atomic E-state index is 0. The van der Waals surface area contributed by atoms with E-state index in [1.54, 1.807) is 0 Å². The van der Waals surface area contributed by atoms with E-state index in [0.717, 1.165) is 0 Å². The van der Waals surface area contributed by atoms with Crippen molar-refractivity contribution in [2.45, 2.75) is 13.8 Å². The first kappa shape index (κ1) is 17.8. The zero-order valence-corrected chi connectivity index (χ0v) is 5.31. The third-order valence-electron chi connectivity index (χ3n) is 0. The molecule has 0 fully saturated rings. The van der Waals surface area contributed by atoms with E-state index in [1.807, 2.05) is 20.5 Å². The zero-order valence-electron chi connectivity index (χ0n) is 4.15. The molecule has 31 valence electrons. The summed E-state index contributed by atoms with van der Waals surface area (Å²) in [7, 11) is 2.42. The van der Waals surface area contributed by atoms with Crippen LogP contribution in [0.3, 0.4) is 0 Å². The van der Waals surface area contributed by atoms with Crippen LogP contribution in [-0.4, -0.2) is 15.1 Å². The first-order chi connectivity index (χ1) is 2.00. The van der Waals surface area contributed by atoms with Gasteiger partial charge < -0.3 is 0 Å². The molecule has 1 unspecified atom stereocenters. The van der Waals surface area contributed by atoms with Crippen molar-refractivity contribution in [3.05, 3.63) is 0 Å². The topological polar surface area (TPSA) is 0 Å². The molecular formula is C3H11BP. The van der Waals surface area contributed by atoms with Crippen molar-refractivity contribution >= 4 is 17.7 Å². The highest BCUT2D eigenvalue weighted by Crippen LogP contribution is 1.46. The van der Waals surface area contributed by atoms with Gasteiger partial charge in [-0.25, -0.2) is 0 Å². The lowest BCUT2D eigenvalue weighted by molar-refractivity contribution is 1.50. The van der Waals surface area contributed by atoms with Crippen LogP contribution in [0.15, 0.2) is 0 Å². The number of hydrogen-bond acceptors (Lipinski definition) is 0. The van der Waals surface area contributed by atoms with Gasteiger partial charge in [0.15, 0.2) is 0 Å². The first-order valence-corrected chi connectivity index (χ1v) is 2.73. The lowest BCUT2D eigenvalue weighted by Gasteiger charge is -1.10. The molecule has 0 saturated heterocycles. The van der Waals surface area contributed by atoms with Crippen LogP contribution in [0.5, 0.6) is 0 Å². The van der Waals surface area contributed by atoms with Crippen LogP contribution in [0.4, 0.5) is 0 Å². The molecule has 0 aliphatic heterocycles. The Hall–Kier alpha value is 0.495. The summed E-state index contributed by atoms with van der Waals surface area (Å²) in [5.74, 6) is 0. The summed E-state index contributed by atoms with van der Waals surface area (Å²) in [6.45, 7) is 5.92. The van der Waals surface area contributed by atoms with E-state index in [4.69, 9.17) is 0 Å². The van der Waals surface area contributed by atoms with Gasteiger partial charge in [-0.05, 0) is 0 Å². The quantitative estimate of drug-likeness (QED) is 0.308. The van der Waals surface area contributed by atoms with Gasteiger partial charge in [-0.3, -0.25) is 0 Å². The molecule has 1 atom stereocenters. The van der Waals surface area contributed by atoms with Gasteiger partial charge in [0.1, 0.15) is 0 Å². The molecule has 0 saturated carbocycles. The second-order valence-corrected chi connectivity index (χ2v) is 0. The molecule has 0 aromatic rings. The van der Waals surface area contributed by atoms with Crippen molar-refractivity contribution in [2.24, 2.45) is 0 Å². The van der Waals surface area contributed by atoms with Crippen molar-refractivity contribution < 1.29 is 0 Å². The highest BCUT2D eigenvalue weighted by molar-refractivity contribution is 7.15. The Kier molecular flexibility index (Phi) is 800. The van der Waals surface area contributed by atoms with Crippen LogP contribution in [0.1, 0.15) is 13.8 Å². The summed E-state index contributed by atoms with van der Waals surface area (Å²) in [6.07, 6.45) is 0. The average molecular weight is 88.9 g/mol. The molecule has 2 heteroatoms. The summed E-state index contributed by atoms with van der Waals surface area (Å²) >= 11 is 0. The van der Waals surface area contributed by atoms with Gasteiger partial charge in [-0.2, -0.15) is 0 Å². The van der Waals surface area contributed by atoms with Gasteiger partial charge in [-0.1, -0.05) is 20.5 Å². The van der Waals surface area contributed by atoms with E-state index in [0.29, 0.717) is 0 Å². The van der Waals surface area contributed by atoms with E-state index < -0.39 is 0 Å². The lowest BCUT2D eigenvalue weighted by atomic mass is 10.8. The van der Waals surface area contributed by atoms with Crippen LogP contribution in [0.2, 0.25) is 0 Å². The summed E-state index contributed by atoms with van der Waals surface area (Å²) in [6, 6.07) is 0. The van der Waals surface area contributed by atoms with Crippen LogP contribution in [-0.2, 0) is 0 Å². The molecule has 0 nitrogen and oxygen atoms in total. The fraction of sp³-hybridized carbons (Fsp3) is 1.00. The molecule has 0 N–H and O–H groups in total. The average Bonchev–Trinajstić information content (AvgIpc) is 1.50. The first-order valence-electron chi connectivity index (χ1n) is 1.58. The fourth-order valence-electron chi connectivity index (χ4n) is 0. The van der Waals surface area contributed by atoms with Gasteiger partial charge in [-0.15, -0.1) is 9.24 Å². The van der Waals surface area contributed by atoms with Crippen molar-refractivity contribution in [2.75, 3.05) is 6.66 Å². The second kappa shape index (κ2) is 224. The van der Waals surface area contributed by atoms with E-state index in [9.17, 15) is 0 Å². The monoisotopic (exact) mass is 89.1 g/mol. The largest absolute Gasteiger partial charge is 0.141 e. The van der Waals surface area contributed by atoms with Gasteiger partial charge in [0.2, 0.25) is 0 Å². The number of rotatable bonds is 0. The molecule has 0 aliphatic carbocycles. The molecule has 5 heavy (non-hydrogen) atoms. The molecule has 0 bridgehead atoms. The maximum Gasteiger partial charge on any atom is 0 e. The molecule has 0 aliphatic rings. The zero-order chi connectivity index (χ0) is 4.00. The highest BCUT2D eigenvalue weighted by atomic mass is 31.0. The molecule has 3 radical (unpaired) electrons. The van der Waals surface area contributed by atoms with Gasteiger partial charge in [0.05, 0.1) is 0 Å². The molecule has 0 aromatic heterocycles. The number of hydrogen-bond donors (Lipinski definition) is 0. The Labute approximate surface area is 39.1 Å². The SMILES string of the molecule is CC.CP.[B]. The third-order valence-corrected chi connectivity index (χ3v) is 0. The van der Waals surface area contributed by atoms with Crippen LogP contribution >= 0.6 is 9.24 Å². The molecule has 0 amide bonds. The van der Waals surface area contributed by atoms with Crippen LogP contribution in [0, 0.1) is 0 Å². The summed E-state index contributed by atoms with van der Waals surface area (Å²) in [5, 5.41) is 0. The van der Waals surface area contributed by atoms with E-state index in [1.165, 1.54) is 0 Å². The van der Waals surface area contributed by atoms with Gasteiger partial charge in [0, 0.05) is 8.41 Å². The Morgan fingerprint density at radius 1 is 1.00 bits per heavy atom. The Morgan fingerprint density at radius 3 is 1.00 bits per heavy atom. The Morgan fingerprint density at radius 2 is 1.00 bits per heavy atom. The third kappa shape index (κ3) is 114. The van der Waals surface area contributed by atoms with Crippen molar-refractivity contribution in [3.63, 3.8) is 0 Å². The minimum Gasteiger partial charge on any atom is -0.141 e. The minimum atomic E-state index is 0. The Bertz CT molecular complexity index is 6.85. The van der Waals surface area contributed by atoms with Crippen molar-refractivity contribution in [1.29, 1.82) is 0 Å². The van der Waals surface area contributed by atoms with Crippen molar-refractivity contribution in [1.82, 2.24) is 0 Å². The maximum atomic E-state index is 2.42. The van der Waals surface area contributed by atoms with E-state index in [-0.39, 0.29) is 8.41 Å². The van der Waals surface area contributed by atoms with Crippen LogP contribution in [0.25, 0.3) is 0 Å². The van der Waals surface area contributed by atoms with Crippen molar-refractivity contribution in [3.8, 4) is 0 Å². The molecular weight excluding hydrogens is 77.8 g/mol. The van der Waals surface area contributed by atoms with E-state index in [2.05, 4.69) is 9.24 Å². The normalized spacial score (nSPS) is 2.40.